The third-order valence-corrected chi connectivity index (χ3v) is 3.47. The summed E-state index contributed by atoms with van der Waals surface area (Å²) >= 11 is 0. The first kappa shape index (κ1) is 13.1. The topological polar surface area (TPSA) is 70.1 Å². The molecular formula is C13H22N4O. The molecule has 0 amide bonds. The van der Waals surface area contributed by atoms with Crippen molar-refractivity contribution >= 4 is 11.8 Å². The molecule has 18 heavy (non-hydrogen) atoms. The summed E-state index contributed by atoms with van der Waals surface area (Å²) in [5.74, 6) is 1.83. The van der Waals surface area contributed by atoms with Gasteiger partial charge in [-0.1, -0.05) is 12.8 Å². The van der Waals surface area contributed by atoms with Crippen LogP contribution in [0.4, 0.5) is 11.8 Å². The summed E-state index contributed by atoms with van der Waals surface area (Å²) in [6.07, 6.45) is 6.39. The van der Waals surface area contributed by atoms with Crippen molar-refractivity contribution in [1.82, 2.24) is 9.97 Å². The molecule has 5 nitrogen and oxygen atoms in total. The van der Waals surface area contributed by atoms with Gasteiger partial charge in [-0.3, -0.25) is 0 Å². The summed E-state index contributed by atoms with van der Waals surface area (Å²) in [4.78, 5) is 8.56. The summed E-state index contributed by atoms with van der Waals surface area (Å²) in [6, 6.07) is 2.21. The lowest BCUT2D eigenvalue weighted by molar-refractivity contribution is 0.178. The van der Waals surface area contributed by atoms with Crippen LogP contribution in [0.2, 0.25) is 0 Å². The molecule has 0 saturated heterocycles. The maximum absolute atomic E-state index is 9.39. The number of hydrogen-bond donors (Lipinski definition) is 3. The van der Waals surface area contributed by atoms with E-state index in [0.717, 1.165) is 25.2 Å². The summed E-state index contributed by atoms with van der Waals surface area (Å²) in [7, 11) is 0. The molecule has 1 saturated carbocycles. The molecule has 100 valence electrons. The largest absolute Gasteiger partial charge is 0.396 e. The number of aromatic nitrogens is 2. The Morgan fingerprint density at radius 3 is 3.00 bits per heavy atom. The fourth-order valence-electron chi connectivity index (χ4n) is 2.49. The van der Waals surface area contributed by atoms with Crippen LogP contribution in [-0.2, 0) is 0 Å². The predicted octanol–water partition coefficient (Wildman–Crippen LogP) is 1.87. The van der Waals surface area contributed by atoms with Crippen LogP contribution in [0.15, 0.2) is 12.3 Å². The van der Waals surface area contributed by atoms with Crippen LogP contribution in [-0.4, -0.2) is 34.3 Å². The highest BCUT2D eigenvalue weighted by molar-refractivity contribution is 5.40. The number of aliphatic hydroxyl groups is 1. The molecule has 5 heteroatoms. The molecule has 0 aliphatic heterocycles. The van der Waals surface area contributed by atoms with E-state index in [1.54, 1.807) is 6.20 Å². The molecule has 0 radical (unpaired) electrons. The highest BCUT2D eigenvalue weighted by Gasteiger charge is 2.24. The van der Waals surface area contributed by atoms with Gasteiger partial charge in [0.1, 0.15) is 5.82 Å². The fraction of sp³-hybridized carbons (Fsp3) is 0.692. The van der Waals surface area contributed by atoms with Gasteiger partial charge in [0, 0.05) is 31.3 Å². The van der Waals surface area contributed by atoms with Crippen molar-refractivity contribution in [1.29, 1.82) is 0 Å². The molecule has 1 aromatic rings. The molecule has 1 heterocycles. The van der Waals surface area contributed by atoms with Gasteiger partial charge >= 0.3 is 0 Å². The van der Waals surface area contributed by atoms with Crippen LogP contribution in [0.3, 0.4) is 0 Å². The van der Waals surface area contributed by atoms with Crippen LogP contribution in [0.1, 0.15) is 32.6 Å². The van der Waals surface area contributed by atoms with Crippen molar-refractivity contribution < 1.29 is 5.11 Å². The monoisotopic (exact) mass is 250 g/mol. The highest BCUT2D eigenvalue weighted by atomic mass is 16.3. The number of hydrogen-bond acceptors (Lipinski definition) is 5. The van der Waals surface area contributed by atoms with Crippen molar-refractivity contribution in [3.8, 4) is 0 Å². The normalized spacial score (nSPS) is 23.7. The standard InChI is InChI=1S/C13H22N4O/c1-2-14-13-15-8-7-12(17-13)16-11-6-4-3-5-10(11)9-18/h7-8,10-11,18H,2-6,9H2,1H3,(H2,14,15,16,17). The second-order valence-corrected chi connectivity index (χ2v) is 4.77. The van der Waals surface area contributed by atoms with Crippen molar-refractivity contribution in [3.63, 3.8) is 0 Å². The Morgan fingerprint density at radius 2 is 2.22 bits per heavy atom. The Bertz CT molecular complexity index is 372. The molecule has 1 aromatic heterocycles. The van der Waals surface area contributed by atoms with Gasteiger partial charge in [0.25, 0.3) is 0 Å². The number of nitrogens with one attached hydrogen (secondary N) is 2. The summed E-state index contributed by atoms with van der Waals surface area (Å²) in [5, 5.41) is 15.9. The molecule has 2 unspecified atom stereocenters. The third-order valence-electron chi connectivity index (χ3n) is 3.47. The van der Waals surface area contributed by atoms with E-state index in [4.69, 9.17) is 0 Å². The number of rotatable bonds is 5. The molecule has 1 aliphatic carbocycles. The van der Waals surface area contributed by atoms with Gasteiger partial charge in [-0.25, -0.2) is 4.98 Å². The lowest BCUT2D eigenvalue weighted by Crippen LogP contribution is -2.34. The molecule has 2 rings (SSSR count). The number of anilines is 2. The van der Waals surface area contributed by atoms with Crippen molar-refractivity contribution in [3.05, 3.63) is 12.3 Å². The van der Waals surface area contributed by atoms with E-state index < -0.39 is 0 Å². The highest BCUT2D eigenvalue weighted by Crippen LogP contribution is 2.26. The molecular weight excluding hydrogens is 228 g/mol. The predicted molar refractivity (Wildman–Crippen MR) is 72.7 cm³/mol. The van der Waals surface area contributed by atoms with E-state index in [-0.39, 0.29) is 6.61 Å². The second kappa shape index (κ2) is 6.54. The Hall–Kier alpha value is -1.36. The Kier molecular flexibility index (Phi) is 4.75. The molecule has 2 atom stereocenters. The van der Waals surface area contributed by atoms with E-state index in [0.29, 0.717) is 17.9 Å². The van der Waals surface area contributed by atoms with Crippen molar-refractivity contribution in [2.75, 3.05) is 23.8 Å². The maximum atomic E-state index is 9.39. The van der Waals surface area contributed by atoms with Gasteiger partial charge in [-0.05, 0) is 25.8 Å². The van der Waals surface area contributed by atoms with E-state index in [9.17, 15) is 5.11 Å². The van der Waals surface area contributed by atoms with Gasteiger partial charge < -0.3 is 15.7 Å². The zero-order chi connectivity index (χ0) is 12.8. The molecule has 3 N–H and O–H groups in total. The van der Waals surface area contributed by atoms with Crippen LogP contribution in [0.5, 0.6) is 0 Å². The SMILES string of the molecule is CCNc1nccc(NC2CCCCC2CO)n1. The summed E-state index contributed by atoms with van der Waals surface area (Å²) < 4.78 is 0. The van der Waals surface area contributed by atoms with Crippen LogP contribution >= 0.6 is 0 Å². The zero-order valence-electron chi connectivity index (χ0n) is 10.9. The van der Waals surface area contributed by atoms with E-state index in [1.165, 1.54) is 12.8 Å². The van der Waals surface area contributed by atoms with E-state index in [1.807, 2.05) is 13.0 Å². The minimum absolute atomic E-state index is 0.253. The summed E-state index contributed by atoms with van der Waals surface area (Å²) in [5.41, 5.74) is 0. The lowest BCUT2D eigenvalue weighted by Gasteiger charge is -2.31. The third kappa shape index (κ3) is 3.32. The minimum atomic E-state index is 0.253. The average Bonchev–Trinajstić information content (AvgIpc) is 2.40. The van der Waals surface area contributed by atoms with Gasteiger partial charge in [-0.2, -0.15) is 4.98 Å². The van der Waals surface area contributed by atoms with Crippen molar-refractivity contribution in [2.45, 2.75) is 38.6 Å². The number of aliphatic hydroxyl groups excluding tert-OH is 1. The zero-order valence-corrected chi connectivity index (χ0v) is 10.9. The second-order valence-electron chi connectivity index (χ2n) is 4.77. The van der Waals surface area contributed by atoms with Crippen molar-refractivity contribution in [2.24, 2.45) is 5.92 Å². The van der Waals surface area contributed by atoms with Gasteiger partial charge in [-0.15, -0.1) is 0 Å². The molecule has 1 fully saturated rings. The minimum Gasteiger partial charge on any atom is -0.396 e. The van der Waals surface area contributed by atoms with E-state index in [2.05, 4.69) is 20.6 Å². The quantitative estimate of drug-likeness (QED) is 0.744. The van der Waals surface area contributed by atoms with Gasteiger partial charge in [0.15, 0.2) is 0 Å². The molecule has 0 aromatic carbocycles. The van der Waals surface area contributed by atoms with E-state index >= 15 is 0 Å². The Labute approximate surface area is 108 Å². The fourth-order valence-corrected chi connectivity index (χ4v) is 2.49. The molecule has 0 bridgehead atoms. The lowest BCUT2D eigenvalue weighted by atomic mass is 9.85. The summed E-state index contributed by atoms with van der Waals surface area (Å²) in [6.45, 7) is 3.08. The van der Waals surface area contributed by atoms with Crippen LogP contribution in [0, 0.1) is 5.92 Å². The Balaban J connectivity index is 2.00. The van der Waals surface area contributed by atoms with Crippen LogP contribution < -0.4 is 10.6 Å². The maximum Gasteiger partial charge on any atom is 0.224 e. The van der Waals surface area contributed by atoms with Crippen LogP contribution in [0.25, 0.3) is 0 Å². The molecule has 1 aliphatic rings. The molecule has 0 spiro atoms. The van der Waals surface area contributed by atoms with Gasteiger partial charge in [0.2, 0.25) is 5.95 Å². The average molecular weight is 250 g/mol. The Morgan fingerprint density at radius 1 is 1.39 bits per heavy atom. The smallest absolute Gasteiger partial charge is 0.224 e. The van der Waals surface area contributed by atoms with Gasteiger partial charge in [0.05, 0.1) is 0 Å². The first-order valence-corrected chi connectivity index (χ1v) is 6.77. The first-order chi connectivity index (χ1) is 8.83. The number of nitrogens with zero attached hydrogens (tertiary/aromatic N) is 2. The first-order valence-electron chi connectivity index (χ1n) is 6.77.